The zero-order valence-electron chi connectivity index (χ0n) is 8.11. The fourth-order valence-corrected chi connectivity index (χ4v) is 2.01. The van der Waals surface area contributed by atoms with Crippen LogP contribution >= 0.6 is 0 Å². The Kier molecular flexibility index (Phi) is 1.85. The zero-order valence-corrected chi connectivity index (χ0v) is 8.11. The molecule has 1 aliphatic carbocycles. The third-order valence-electron chi connectivity index (χ3n) is 3.08. The van der Waals surface area contributed by atoms with Gasteiger partial charge in [0, 0.05) is 12.8 Å². The molecule has 1 aromatic carbocycles. The van der Waals surface area contributed by atoms with Crippen molar-refractivity contribution in [1.82, 2.24) is 0 Å². The molecule has 74 valence electrons. The highest BCUT2D eigenvalue weighted by atomic mass is 16.6. The minimum atomic E-state index is 0.265. The van der Waals surface area contributed by atoms with Crippen LogP contribution in [0, 0.1) is 0 Å². The van der Waals surface area contributed by atoms with Crippen LogP contribution in [0.5, 0.6) is 0 Å². The average molecular weight is 190 g/mol. The fraction of sp³-hybridized carbons (Fsp3) is 0.500. The first-order chi connectivity index (χ1) is 6.86. The van der Waals surface area contributed by atoms with E-state index in [1.807, 2.05) is 18.2 Å². The Morgan fingerprint density at radius 1 is 1.29 bits per heavy atom. The molecule has 14 heavy (non-hydrogen) atoms. The summed E-state index contributed by atoms with van der Waals surface area (Å²) in [6.07, 6.45) is 2.62. The van der Waals surface area contributed by atoms with Gasteiger partial charge in [-0.05, 0) is 5.56 Å². The Bertz CT molecular complexity index is 308. The van der Waals surface area contributed by atoms with Crippen LogP contribution < -0.4 is 0 Å². The number of rotatable bonds is 3. The summed E-state index contributed by atoms with van der Waals surface area (Å²) in [7, 11) is 0. The summed E-state index contributed by atoms with van der Waals surface area (Å²) in [6, 6.07) is 10.3. The van der Waals surface area contributed by atoms with Gasteiger partial charge in [-0.25, -0.2) is 0 Å². The predicted molar refractivity (Wildman–Crippen MR) is 52.9 cm³/mol. The van der Waals surface area contributed by atoms with E-state index < -0.39 is 0 Å². The van der Waals surface area contributed by atoms with Crippen molar-refractivity contribution in [3.8, 4) is 0 Å². The van der Waals surface area contributed by atoms with Gasteiger partial charge in [0.2, 0.25) is 0 Å². The van der Waals surface area contributed by atoms with Crippen LogP contribution in [0.2, 0.25) is 0 Å². The molecule has 0 atom stereocenters. The standard InChI is InChI=1S/C12H14O2/c1-2-4-10(5-3-1)8-13-11-6-12(7-11)9-14-12/h1-5,11H,6-9H2. The minimum absolute atomic E-state index is 0.265. The number of hydrogen-bond donors (Lipinski definition) is 0. The molecular formula is C12H14O2. The first-order valence-electron chi connectivity index (χ1n) is 5.16. The van der Waals surface area contributed by atoms with E-state index in [1.165, 1.54) is 5.56 Å². The van der Waals surface area contributed by atoms with Crippen LogP contribution in [0.4, 0.5) is 0 Å². The van der Waals surface area contributed by atoms with Crippen LogP contribution in [0.15, 0.2) is 30.3 Å². The lowest BCUT2D eigenvalue weighted by molar-refractivity contribution is -0.0519. The molecule has 2 nitrogen and oxygen atoms in total. The fourth-order valence-electron chi connectivity index (χ4n) is 2.01. The van der Waals surface area contributed by atoms with Crippen LogP contribution in [0.1, 0.15) is 18.4 Å². The molecule has 0 N–H and O–H groups in total. The maximum Gasteiger partial charge on any atom is 0.0965 e. The van der Waals surface area contributed by atoms with Crippen LogP contribution in [-0.4, -0.2) is 18.3 Å². The normalized spacial score (nSPS) is 34.1. The van der Waals surface area contributed by atoms with Crippen molar-refractivity contribution in [2.75, 3.05) is 6.61 Å². The minimum Gasteiger partial charge on any atom is -0.373 e. The number of ether oxygens (including phenoxy) is 2. The summed E-state index contributed by atoms with van der Waals surface area (Å²) < 4.78 is 11.1. The number of epoxide rings is 1. The van der Waals surface area contributed by atoms with Crippen molar-refractivity contribution in [1.29, 1.82) is 0 Å². The van der Waals surface area contributed by atoms with Crippen molar-refractivity contribution in [2.24, 2.45) is 0 Å². The molecular weight excluding hydrogens is 176 g/mol. The van der Waals surface area contributed by atoms with E-state index in [0.717, 1.165) is 26.1 Å². The topological polar surface area (TPSA) is 21.8 Å². The lowest BCUT2D eigenvalue weighted by Crippen LogP contribution is -2.38. The van der Waals surface area contributed by atoms with E-state index >= 15 is 0 Å². The van der Waals surface area contributed by atoms with E-state index in [0.29, 0.717) is 6.10 Å². The summed E-state index contributed by atoms with van der Waals surface area (Å²) >= 11 is 0. The molecule has 1 spiro atoms. The SMILES string of the molecule is c1ccc(COC2CC3(CO3)C2)cc1. The highest BCUT2D eigenvalue weighted by molar-refractivity contribution is 5.14. The second kappa shape index (κ2) is 3.07. The first kappa shape index (κ1) is 8.45. The molecule has 1 heterocycles. The van der Waals surface area contributed by atoms with Gasteiger partial charge < -0.3 is 9.47 Å². The van der Waals surface area contributed by atoms with Gasteiger partial charge in [0.15, 0.2) is 0 Å². The van der Waals surface area contributed by atoms with Crippen molar-refractivity contribution in [3.63, 3.8) is 0 Å². The maximum absolute atomic E-state index is 5.76. The molecule has 0 bridgehead atoms. The Morgan fingerprint density at radius 2 is 2.00 bits per heavy atom. The van der Waals surface area contributed by atoms with Crippen molar-refractivity contribution >= 4 is 0 Å². The Labute approximate surface area is 83.8 Å². The molecule has 1 aliphatic heterocycles. The number of benzene rings is 1. The molecule has 2 fully saturated rings. The van der Waals surface area contributed by atoms with Gasteiger partial charge in [-0.3, -0.25) is 0 Å². The Hall–Kier alpha value is -0.860. The lowest BCUT2D eigenvalue weighted by Gasteiger charge is -2.32. The van der Waals surface area contributed by atoms with E-state index in [2.05, 4.69) is 12.1 Å². The zero-order chi connectivity index (χ0) is 9.43. The van der Waals surface area contributed by atoms with E-state index in [9.17, 15) is 0 Å². The van der Waals surface area contributed by atoms with E-state index in [1.54, 1.807) is 0 Å². The molecule has 1 aromatic rings. The summed E-state index contributed by atoms with van der Waals surface area (Å²) in [6.45, 7) is 1.69. The van der Waals surface area contributed by atoms with Crippen molar-refractivity contribution in [3.05, 3.63) is 35.9 Å². The highest BCUT2D eigenvalue weighted by Crippen LogP contribution is 2.47. The maximum atomic E-state index is 5.76. The van der Waals surface area contributed by atoms with Gasteiger partial charge in [-0.1, -0.05) is 30.3 Å². The van der Waals surface area contributed by atoms with Crippen LogP contribution in [0.25, 0.3) is 0 Å². The van der Waals surface area contributed by atoms with Crippen LogP contribution in [0.3, 0.4) is 0 Å². The van der Waals surface area contributed by atoms with E-state index in [-0.39, 0.29) is 5.60 Å². The van der Waals surface area contributed by atoms with Gasteiger partial charge in [0.25, 0.3) is 0 Å². The highest BCUT2D eigenvalue weighted by Gasteiger charge is 2.55. The van der Waals surface area contributed by atoms with Gasteiger partial charge in [0.05, 0.1) is 24.9 Å². The summed E-state index contributed by atoms with van der Waals surface area (Å²) in [5, 5.41) is 0. The van der Waals surface area contributed by atoms with Gasteiger partial charge in [0.1, 0.15) is 0 Å². The van der Waals surface area contributed by atoms with Crippen molar-refractivity contribution < 1.29 is 9.47 Å². The molecule has 2 heteroatoms. The molecule has 0 aromatic heterocycles. The molecule has 0 unspecified atom stereocenters. The third kappa shape index (κ3) is 1.56. The summed E-state index contributed by atoms with van der Waals surface area (Å²) in [5.74, 6) is 0. The lowest BCUT2D eigenvalue weighted by atomic mass is 9.82. The molecule has 1 saturated carbocycles. The quantitative estimate of drug-likeness (QED) is 0.681. The van der Waals surface area contributed by atoms with Gasteiger partial charge in [-0.2, -0.15) is 0 Å². The van der Waals surface area contributed by atoms with Crippen LogP contribution in [-0.2, 0) is 16.1 Å². The molecule has 2 aliphatic rings. The molecule has 1 saturated heterocycles. The number of hydrogen-bond acceptors (Lipinski definition) is 2. The average Bonchev–Trinajstić information content (AvgIpc) is 2.94. The second-order valence-electron chi connectivity index (χ2n) is 4.30. The molecule has 0 radical (unpaired) electrons. The second-order valence-corrected chi connectivity index (χ2v) is 4.30. The smallest absolute Gasteiger partial charge is 0.0965 e. The molecule has 0 amide bonds. The molecule has 3 rings (SSSR count). The Balaban J connectivity index is 1.47. The first-order valence-corrected chi connectivity index (χ1v) is 5.16. The third-order valence-corrected chi connectivity index (χ3v) is 3.08. The van der Waals surface area contributed by atoms with Crippen molar-refractivity contribution in [2.45, 2.75) is 31.2 Å². The largest absolute Gasteiger partial charge is 0.373 e. The monoisotopic (exact) mass is 190 g/mol. The Morgan fingerprint density at radius 3 is 2.64 bits per heavy atom. The summed E-state index contributed by atoms with van der Waals surface area (Å²) in [5.41, 5.74) is 1.52. The van der Waals surface area contributed by atoms with Gasteiger partial charge in [-0.15, -0.1) is 0 Å². The summed E-state index contributed by atoms with van der Waals surface area (Å²) in [4.78, 5) is 0. The predicted octanol–water partition coefficient (Wildman–Crippen LogP) is 2.13. The van der Waals surface area contributed by atoms with Gasteiger partial charge >= 0.3 is 0 Å². The van der Waals surface area contributed by atoms with E-state index in [4.69, 9.17) is 9.47 Å².